The first-order valence-electron chi connectivity index (χ1n) is 21.7. The van der Waals surface area contributed by atoms with Gasteiger partial charge in [0.1, 0.15) is 0 Å². The Morgan fingerprint density at radius 3 is 1.70 bits per heavy atom. The zero-order valence-corrected chi connectivity index (χ0v) is 38.3. The van der Waals surface area contributed by atoms with Gasteiger partial charge in [-0.2, -0.15) is 0 Å². The summed E-state index contributed by atoms with van der Waals surface area (Å²) in [7, 11) is 0. The van der Waals surface area contributed by atoms with Crippen molar-refractivity contribution >= 4 is 22.6 Å². The van der Waals surface area contributed by atoms with Gasteiger partial charge < -0.3 is 0 Å². The molecule has 0 fully saturated rings. The number of aliphatic imine (C=N–C) groups is 1. The number of hydrogen-bond acceptors (Lipinski definition) is 1. The van der Waals surface area contributed by atoms with Crippen molar-refractivity contribution in [3.8, 4) is 0 Å². The fourth-order valence-electron chi connectivity index (χ4n) is 6.47. The molecule has 0 N–H and O–H groups in total. The largest absolute Gasteiger partial charge is 0.257 e. The molecule has 0 radical (unpaired) electrons. The van der Waals surface area contributed by atoms with E-state index in [0.717, 1.165) is 43.4 Å². The average Bonchev–Trinajstić information content (AvgIpc) is 3.20. The number of allylic oxidation sites excluding steroid dienone is 3. The zero-order valence-electron chi connectivity index (χ0n) is 38.3. The molecule has 0 aliphatic rings. The highest BCUT2D eigenvalue weighted by Crippen LogP contribution is 2.26. The Kier molecular flexibility index (Phi) is 23.6. The molecule has 1 atom stereocenters. The third-order valence-electron chi connectivity index (χ3n) is 10.1. The van der Waals surface area contributed by atoms with E-state index in [1.807, 2.05) is 27.7 Å². The SMILES string of the molecule is C=C(C)c1ccc(CCc2ccc(CC(C)C(CCCCC)=N/C(=C\C)c3ccc(C)cc3C)cc2)cc1.C=C(CC)c1ccc(C(C)(C)C)cc1.CC.CC. The summed E-state index contributed by atoms with van der Waals surface area (Å²) < 4.78 is 0. The summed E-state index contributed by atoms with van der Waals surface area (Å²) in [5, 5.41) is 0. The van der Waals surface area contributed by atoms with Crippen molar-refractivity contribution in [1.29, 1.82) is 0 Å². The minimum atomic E-state index is 0.242. The van der Waals surface area contributed by atoms with E-state index in [1.165, 1.54) is 80.6 Å². The van der Waals surface area contributed by atoms with Gasteiger partial charge in [-0.25, -0.2) is 0 Å². The van der Waals surface area contributed by atoms with Crippen LogP contribution in [-0.4, -0.2) is 5.71 Å². The average molecular weight is 754 g/mol. The topological polar surface area (TPSA) is 12.4 Å². The van der Waals surface area contributed by atoms with E-state index in [-0.39, 0.29) is 5.41 Å². The normalized spacial score (nSPS) is 11.9. The van der Waals surface area contributed by atoms with Crippen LogP contribution in [0.3, 0.4) is 0 Å². The summed E-state index contributed by atoms with van der Waals surface area (Å²) in [5.41, 5.74) is 16.9. The molecule has 4 aromatic carbocycles. The Morgan fingerprint density at radius 1 is 0.714 bits per heavy atom. The fourth-order valence-corrected chi connectivity index (χ4v) is 6.47. The van der Waals surface area contributed by atoms with Crippen LogP contribution in [0.5, 0.6) is 0 Å². The Hall–Kier alpha value is -4.23. The number of unbranched alkanes of at least 4 members (excludes halogenated alkanes) is 2. The second-order valence-electron chi connectivity index (χ2n) is 15.7. The molecular weight excluding hydrogens is 675 g/mol. The summed E-state index contributed by atoms with van der Waals surface area (Å²) in [6, 6.07) is 33.5. The van der Waals surface area contributed by atoms with E-state index in [4.69, 9.17) is 4.99 Å². The zero-order chi connectivity index (χ0) is 42.3. The van der Waals surface area contributed by atoms with E-state index >= 15 is 0 Å². The summed E-state index contributed by atoms with van der Waals surface area (Å²) in [6.07, 6.45) is 11.1. The second kappa shape index (κ2) is 26.6. The number of aryl methyl sites for hydroxylation is 4. The van der Waals surface area contributed by atoms with Crippen LogP contribution in [0.2, 0.25) is 0 Å². The van der Waals surface area contributed by atoms with Crippen LogP contribution in [0.25, 0.3) is 16.8 Å². The standard InChI is InChI=1S/C37H47N.C14H20.2C2H6/c1-8-10-11-12-37(38-36(9-2)35-24-13-28(5)25-29(35)6)30(7)26-33-18-16-31(17-19-33)14-15-32-20-22-34(23-21-32)27(3)4;1-6-11(2)12-7-9-13(10-8-12)14(3,4)5;2*1-2/h9,13,16-25,30H,3,8,10-12,14-15,26H2,1-2,4-7H3;7-10H,2,6H2,1,3-5H3;2*1-2H3/b36-9-,38-37?;;;. The first kappa shape index (κ1) is 49.8. The molecule has 0 spiro atoms. The predicted octanol–water partition coefficient (Wildman–Crippen LogP) is 16.8. The Morgan fingerprint density at radius 2 is 1.23 bits per heavy atom. The van der Waals surface area contributed by atoms with E-state index in [1.54, 1.807) is 0 Å². The molecule has 56 heavy (non-hydrogen) atoms. The van der Waals surface area contributed by atoms with Crippen molar-refractivity contribution in [3.05, 3.63) is 160 Å². The Balaban J connectivity index is 0.000000726. The predicted molar refractivity (Wildman–Crippen MR) is 256 cm³/mol. The van der Waals surface area contributed by atoms with Crippen LogP contribution in [0.4, 0.5) is 0 Å². The lowest BCUT2D eigenvalue weighted by molar-refractivity contribution is 0.590. The van der Waals surface area contributed by atoms with Gasteiger partial charge in [-0.3, -0.25) is 4.99 Å². The monoisotopic (exact) mass is 754 g/mol. The molecule has 0 aromatic heterocycles. The van der Waals surface area contributed by atoms with Crippen LogP contribution in [0, 0.1) is 19.8 Å². The van der Waals surface area contributed by atoms with Crippen LogP contribution < -0.4 is 0 Å². The first-order chi connectivity index (χ1) is 26.7. The van der Waals surface area contributed by atoms with Gasteiger partial charge in [-0.15, -0.1) is 0 Å². The lowest BCUT2D eigenvalue weighted by atomic mass is 9.86. The van der Waals surface area contributed by atoms with Gasteiger partial charge in [-0.05, 0) is 122 Å². The molecule has 1 unspecified atom stereocenters. The number of benzene rings is 4. The highest BCUT2D eigenvalue weighted by Gasteiger charge is 2.15. The summed E-state index contributed by atoms with van der Waals surface area (Å²) in [6.45, 7) is 38.0. The minimum Gasteiger partial charge on any atom is -0.257 e. The van der Waals surface area contributed by atoms with Gasteiger partial charge in [-0.1, -0.05) is 203 Å². The van der Waals surface area contributed by atoms with Gasteiger partial charge >= 0.3 is 0 Å². The molecule has 0 bridgehead atoms. The molecular formula is C55H79N. The highest BCUT2D eigenvalue weighted by molar-refractivity contribution is 5.92. The molecule has 4 rings (SSSR count). The molecule has 0 amide bonds. The van der Waals surface area contributed by atoms with Crippen molar-refractivity contribution in [2.24, 2.45) is 10.9 Å². The van der Waals surface area contributed by atoms with Gasteiger partial charge in [0.2, 0.25) is 0 Å². The molecule has 0 aliphatic heterocycles. The maximum absolute atomic E-state index is 5.29. The van der Waals surface area contributed by atoms with Crippen molar-refractivity contribution in [3.63, 3.8) is 0 Å². The van der Waals surface area contributed by atoms with Crippen LogP contribution in [0.15, 0.2) is 115 Å². The van der Waals surface area contributed by atoms with Gasteiger partial charge in [0, 0.05) is 11.3 Å². The number of nitrogens with zero attached hydrogens (tertiary/aromatic N) is 1. The molecule has 0 aliphatic carbocycles. The molecule has 0 saturated heterocycles. The third-order valence-corrected chi connectivity index (χ3v) is 10.1. The first-order valence-corrected chi connectivity index (χ1v) is 21.7. The van der Waals surface area contributed by atoms with Crippen molar-refractivity contribution < 1.29 is 0 Å². The van der Waals surface area contributed by atoms with Gasteiger partial charge in [0.15, 0.2) is 0 Å². The molecule has 1 nitrogen and oxygen atoms in total. The number of hydrogen-bond donors (Lipinski definition) is 0. The van der Waals surface area contributed by atoms with Crippen LogP contribution >= 0.6 is 0 Å². The maximum atomic E-state index is 5.29. The third kappa shape index (κ3) is 17.3. The quantitative estimate of drug-likeness (QED) is 0.0847. The van der Waals surface area contributed by atoms with E-state index < -0.39 is 0 Å². The van der Waals surface area contributed by atoms with Gasteiger partial charge in [0.05, 0.1) is 5.70 Å². The van der Waals surface area contributed by atoms with Crippen LogP contribution in [0.1, 0.15) is 165 Å². The lowest BCUT2D eigenvalue weighted by Gasteiger charge is -2.19. The highest BCUT2D eigenvalue weighted by atomic mass is 14.8. The second-order valence-corrected chi connectivity index (χ2v) is 15.7. The molecule has 4 aromatic rings. The van der Waals surface area contributed by atoms with E-state index in [9.17, 15) is 0 Å². The molecule has 0 saturated carbocycles. The van der Waals surface area contributed by atoms with E-state index in [0.29, 0.717) is 5.92 Å². The lowest BCUT2D eigenvalue weighted by Crippen LogP contribution is -2.15. The summed E-state index contributed by atoms with van der Waals surface area (Å²) in [4.78, 5) is 5.29. The Labute approximate surface area is 346 Å². The molecule has 304 valence electrons. The number of rotatable bonds is 15. The van der Waals surface area contributed by atoms with Gasteiger partial charge in [0.25, 0.3) is 0 Å². The summed E-state index contributed by atoms with van der Waals surface area (Å²) >= 11 is 0. The van der Waals surface area contributed by atoms with Crippen LogP contribution in [-0.2, 0) is 24.7 Å². The molecule has 1 heteroatoms. The summed E-state index contributed by atoms with van der Waals surface area (Å²) in [5.74, 6) is 0.408. The fraction of sp³-hybridized carbons (Fsp3) is 0.436. The van der Waals surface area contributed by atoms with Crippen molar-refractivity contribution in [2.45, 2.75) is 154 Å². The molecule has 0 heterocycles. The maximum Gasteiger partial charge on any atom is 0.0661 e. The van der Waals surface area contributed by atoms with E-state index in [2.05, 4.69) is 179 Å². The Bertz CT molecular complexity index is 1770. The minimum absolute atomic E-state index is 0.242. The smallest absolute Gasteiger partial charge is 0.0661 e. The van der Waals surface area contributed by atoms with Crippen molar-refractivity contribution in [2.75, 3.05) is 0 Å². The van der Waals surface area contributed by atoms with Crippen molar-refractivity contribution in [1.82, 2.24) is 0 Å².